The number of aryl methyl sites for hydroxylation is 2. The van der Waals surface area contributed by atoms with Crippen molar-refractivity contribution in [3.05, 3.63) is 64.2 Å². The standard InChI is InChI=1S/C20H20N2O4/c1-11-4-3-5-15(12(11)2)18(20(25)26)22-19(24)14-6-8-16-13(10-14)7-9-17(23)21-16/h3-6,8,10,18H,7,9H2,1-2H3,(H,21,23)(H,22,24)(H,25,26). The summed E-state index contributed by atoms with van der Waals surface area (Å²) in [5.41, 5.74) is 4.31. The Bertz CT molecular complexity index is 905. The van der Waals surface area contributed by atoms with Gasteiger partial charge >= 0.3 is 5.97 Å². The maximum atomic E-state index is 12.6. The van der Waals surface area contributed by atoms with Crippen molar-refractivity contribution >= 4 is 23.5 Å². The molecule has 0 spiro atoms. The monoisotopic (exact) mass is 352 g/mol. The van der Waals surface area contributed by atoms with Crippen molar-refractivity contribution in [1.29, 1.82) is 0 Å². The highest BCUT2D eigenvalue weighted by atomic mass is 16.4. The van der Waals surface area contributed by atoms with E-state index in [0.717, 1.165) is 16.7 Å². The zero-order chi connectivity index (χ0) is 18.8. The number of anilines is 1. The first-order valence-corrected chi connectivity index (χ1v) is 8.39. The van der Waals surface area contributed by atoms with Crippen molar-refractivity contribution in [2.24, 2.45) is 0 Å². The average Bonchev–Trinajstić information content (AvgIpc) is 2.61. The molecule has 1 atom stereocenters. The average molecular weight is 352 g/mol. The van der Waals surface area contributed by atoms with E-state index in [1.807, 2.05) is 19.9 Å². The molecule has 2 aromatic rings. The number of rotatable bonds is 4. The molecule has 0 aromatic heterocycles. The summed E-state index contributed by atoms with van der Waals surface area (Å²) in [5, 5.41) is 15.0. The largest absolute Gasteiger partial charge is 0.479 e. The zero-order valence-electron chi connectivity index (χ0n) is 14.6. The lowest BCUT2D eigenvalue weighted by Gasteiger charge is -2.20. The first-order chi connectivity index (χ1) is 12.4. The molecule has 3 rings (SSSR count). The number of carbonyl (C=O) groups is 3. The van der Waals surface area contributed by atoms with Crippen LogP contribution in [0.1, 0.15) is 45.1 Å². The van der Waals surface area contributed by atoms with Crippen LogP contribution >= 0.6 is 0 Å². The molecule has 3 N–H and O–H groups in total. The number of nitrogens with one attached hydrogen (secondary N) is 2. The Morgan fingerprint density at radius 2 is 1.92 bits per heavy atom. The minimum atomic E-state index is -1.13. The number of carboxylic acid groups (broad SMARTS) is 1. The van der Waals surface area contributed by atoms with Crippen LogP contribution in [-0.2, 0) is 16.0 Å². The number of aliphatic carboxylic acids is 1. The number of carboxylic acids is 1. The molecule has 0 bridgehead atoms. The third kappa shape index (κ3) is 3.44. The van der Waals surface area contributed by atoms with Crippen LogP contribution in [0, 0.1) is 13.8 Å². The second-order valence-electron chi connectivity index (χ2n) is 6.45. The molecule has 2 aromatic carbocycles. The first kappa shape index (κ1) is 17.7. The molecule has 0 saturated heterocycles. The zero-order valence-corrected chi connectivity index (χ0v) is 14.6. The van der Waals surface area contributed by atoms with Gasteiger partial charge in [-0.2, -0.15) is 0 Å². The van der Waals surface area contributed by atoms with Gasteiger partial charge in [0.25, 0.3) is 5.91 Å². The highest BCUT2D eigenvalue weighted by molar-refractivity contribution is 5.99. The van der Waals surface area contributed by atoms with Crippen LogP contribution in [0.5, 0.6) is 0 Å². The lowest BCUT2D eigenvalue weighted by atomic mass is 9.96. The van der Waals surface area contributed by atoms with Gasteiger partial charge in [-0.3, -0.25) is 9.59 Å². The van der Waals surface area contributed by atoms with Gasteiger partial charge in [-0.15, -0.1) is 0 Å². The van der Waals surface area contributed by atoms with E-state index in [0.29, 0.717) is 29.7 Å². The van der Waals surface area contributed by atoms with Gasteiger partial charge in [0.05, 0.1) is 0 Å². The van der Waals surface area contributed by atoms with Crippen LogP contribution in [0.15, 0.2) is 36.4 Å². The van der Waals surface area contributed by atoms with Gasteiger partial charge in [0, 0.05) is 17.7 Å². The van der Waals surface area contributed by atoms with E-state index in [-0.39, 0.29) is 5.91 Å². The van der Waals surface area contributed by atoms with Crippen LogP contribution in [-0.4, -0.2) is 22.9 Å². The summed E-state index contributed by atoms with van der Waals surface area (Å²) >= 11 is 0. The second kappa shape index (κ2) is 7.00. The topological polar surface area (TPSA) is 95.5 Å². The summed E-state index contributed by atoms with van der Waals surface area (Å²) in [5.74, 6) is -1.62. The van der Waals surface area contributed by atoms with E-state index in [1.54, 1.807) is 30.3 Å². The smallest absolute Gasteiger partial charge is 0.330 e. The first-order valence-electron chi connectivity index (χ1n) is 8.39. The van der Waals surface area contributed by atoms with Crippen molar-refractivity contribution < 1.29 is 19.5 Å². The number of amides is 2. The molecule has 0 aliphatic carbocycles. The number of fused-ring (bicyclic) bond motifs is 1. The van der Waals surface area contributed by atoms with Gasteiger partial charge in [-0.25, -0.2) is 4.79 Å². The molecule has 134 valence electrons. The second-order valence-corrected chi connectivity index (χ2v) is 6.45. The highest BCUT2D eigenvalue weighted by Gasteiger charge is 2.25. The van der Waals surface area contributed by atoms with E-state index in [4.69, 9.17) is 0 Å². The van der Waals surface area contributed by atoms with E-state index in [1.165, 1.54) is 0 Å². The highest BCUT2D eigenvalue weighted by Crippen LogP contribution is 2.25. The minimum Gasteiger partial charge on any atom is -0.479 e. The molecule has 6 heteroatoms. The quantitative estimate of drug-likeness (QED) is 0.788. The molecule has 1 unspecified atom stereocenters. The molecule has 1 aliphatic rings. The summed E-state index contributed by atoms with van der Waals surface area (Å²) in [6, 6.07) is 9.23. The van der Waals surface area contributed by atoms with Crippen LogP contribution in [0.3, 0.4) is 0 Å². The summed E-state index contributed by atoms with van der Waals surface area (Å²) in [6.45, 7) is 3.74. The van der Waals surface area contributed by atoms with E-state index in [2.05, 4.69) is 10.6 Å². The van der Waals surface area contributed by atoms with Gasteiger partial charge < -0.3 is 15.7 Å². The predicted octanol–water partition coefficient (Wildman–Crippen LogP) is 2.74. The Morgan fingerprint density at radius 3 is 2.65 bits per heavy atom. The van der Waals surface area contributed by atoms with Crippen molar-refractivity contribution in [3.8, 4) is 0 Å². The third-order valence-corrected chi connectivity index (χ3v) is 4.74. The van der Waals surface area contributed by atoms with Gasteiger partial charge in [0.15, 0.2) is 6.04 Å². The Morgan fingerprint density at radius 1 is 1.15 bits per heavy atom. The van der Waals surface area contributed by atoms with E-state index in [9.17, 15) is 19.5 Å². The van der Waals surface area contributed by atoms with E-state index >= 15 is 0 Å². The fourth-order valence-electron chi connectivity index (χ4n) is 3.10. The van der Waals surface area contributed by atoms with Crippen molar-refractivity contribution in [3.63, 3.8) is 0 Å². The summed E-state index contributed by atoms with van der Waals surface area (Å²) < 4.78 is 0. The number of hydrogen-bond donors (Lipinski definition) is 3. The fraction of sp³-hybridized carbons (Fsp3) is 0.250. The Labute approximate surface area is 151 Å². The lowest BCUT2D eigenvalue weighted by Crippen LogP contribution is -2.34. The Balaban J connectivity index is 1.86. The molecule has 0 fully saturated rings. The van der Waals surface area contributed by atoms with Crippen LogP contribution in [0.4, 0.5) is 5.69 Å². The van der Waals surface area contributed by atoms with Gasteiger partial charge in [-0.1, -0.05) is 18.2 Å². The van der Waals surface area contributed by atoms with Crippen molar-refractivity contribution in [2.45, 2.75) is 32.7 Å². The maximum absolute atomic E-state index is 12.6. The van der Waals surface area contributed by atoms with Gasteiger partial charge in [-0.05, 0) is 60.7 Å². The molecule has 6 nitrogen and oxygen atoms in total. The number of benzene rings is 2. The van der Waals surface area contributed by atoms with Gasteiger partial charge in [0.1, 0.15) is 0 Å². The Kier molecular flexibility index (Phi) is 4.75. The molecule has 0 radical (unpaired) electrons. The summed E-state index contributed by atoms with van der Waals surface area (Å²) in [4.78, 5) is 35.8. The summed E-state index contributed by atoms with van der Waals surface area (Å²) in [7, 11) is 0. The van der Waals surface area contributed by atoms with E-state index < -0.39 is 17.9 Å². The normalized spacial score (nSPS) is 14.2. The minimum absolute atomic E-state index is 0.0458. The number of carbonyl (C=O) groups excluding carboxylic acids is 2. The molecular formula is C20H20N2O4. The van der Waals surface area contributed by atoms with Crippen LogP contribution in [0.2, 0.25) is 0 Å². The number of hydrogen-bond acceptors (Lipinski definition) is 3. The van der Waals surface area contributed by atoms with Crippen molar-refractivity contribution in [1.82, 2.24) is 5.32 Å². The molecular weight excluding hydrogens is 332 g/mol. The SMILES string of the molecule is Cc1cccc(C(NC(=O)c2ccc3c(c2)CCC(=O)N3)C(=O)O)c1C. The lowest BCUT2D eigenvalue weighted by molar-refractivity contribution is -0.139. The molecule has 1 heterocycles. The maximum Gasteiger partial charge on any atom is 0.330 e. The predicted molar refractivity (Wildman–Crippen MR) is 97.2 cm³/mol. The molecule has 26 heavy (non-hydrogen) atoms. The Hall–Kier alpha value is -3.15. The van der Waals surface area contributed by atoms with Crippen molar-refractivity contribution in [2.75, 3.05) is 5.32 Å². The third-order valence-electron chi connectivity index (χ3n) is 4.74. The van der Waals surface area contributed by atoms with Crippen LogP contribution < -0.4 is 10.6 Å². The van der Waals surface area contributed by atoms with Crippen LogP contribution in [0.25, 0.3) is 0 Å². The molecule has 1 aliphatic heterocycles. The summed E-state index contributed by atoms with van der Waals surface area (Å²) in [6.07, 6.45) is 0.931. The molecule has 0 saturated carbocycles. The van der Waals surface area contributed by atoms with Gasteiger partial charge in [0.2, 0.25) is 5.91 Å². The fourth-order valence-corrected chi connectivity index (χ4v) is 3.10. The molecule has 2 amide bonds.